The fraction of sp³-hybridized carbons (Fsp3) is 0.318. The van der Waals surface area contributed by atoms with Gasteiger partial charge in [-0.15, -0.1) is 10.2 Å². The average Bonchev–Trinajstić information content (AvgIpc) is 3.09. The Hall–Kier alpha value is -2.87. The van der Waals surface area contributed by atoms with Crippen LogP contribution >= 0.6 is 11.8 Å². The van der Waals surface area contributed by atoms with E-state index in [1.807, 2.05) is 19.1 Å². The van der Waals surface area contributed by atoms with Crippen LogP contribution in [0, 0.1) is 5.82 Å². The average molecular weight is 426 g/mol. The van der Waals surface area contributed by atoms with Crippen molar-refractivity contribution in [1.29, 1.82) is 0 Å². The third-order valence-electron chi connectivity index (χ3n) is 5.38. The Labute approximate surface area is 179 Å². The molecule has 0 aliphatic heterocycles. The van der Waals surface area contributed by atoms with Crippen LogP contribution < -0.4 is 11.2 Å². The van der Waals surface area contributed by atoms with E-state index in [0.29, 0.717) is 16.5 Å². The van der Waals surface area contributed by atoms with Gasteiger partial charge in [-0.2, -0.15) is 0 Å². The number of rotatable bonds is 6. The number of aryl methyl sites for hydroxylation is 1. The number of hydrogen-bond donors (Lipinski definition) is 2. The molecule has 30 heavy (non-hydrogen) atoms. The number of fused-ring (bicyclic) bond motifs is 1. The molecule has 1 aliphatic carbocycles. The van der Waals surface area contributed by atoms with Gasteiger partial charge in [0.15, 0.2) is 5.82 Å². The monoisotopic (exact) mass is 425 g/mol. The highest BCUT2D eigenvalue weighted by molar-refractivity contribution is 8.00. The minimum Gasteiger partial charge on any atom is -0.348 e. The molecule has 0 fully saturated rings. The molecular weight excluding hydrogens is 401 g/mol. The number of amides is 1. The maximum atomic E-state index is 13.9. The molecule has 3 aromatic rings. The second kappa shape index (κ2) is 8.87. The number of hydrogen-bond acceptors (Lipinski definition) is 5. The van der Waals surface area contributed by atoms with Gasteiger partial charge in [0.2, 0.25) is 11.1 Å². The third kappa shape index (κ3) is 4.33. The first-order valence-electron chi connectivity index (χ1n) is 10.0. The van der Waals surface area contributed by atoms with E-state index in [1.165, 1.54) is 33.6 Å². The lowest BCUT2D eigenvalue weighted by atomic mass is 9.88. The molecule has 0 spiro atoms. The van der Waals surface area contributed by atoms with Gasteiger partial charge in [-0.25, -0.2) is 9.07 Å². The van der Waals surface area contributed by atoms with Gasteiger partial charge >= 0.3 is 0 Å². The van der Waals surface area contributed by atoms with E-state index in [9.17, 15) is 9.18 Å². The maximum Gasteiger partial charge on any atom is 0.233 e. The van der Waals surface area contributed by atoms with Crippen LogP contribution in [0.25, 0.3) is 0 Å². The number of nitrogens with zero attached hydrogens (tertiary/aromatic N) is 3. The molecule has 0 saturated heterocycles. The van der Waals surface area contributed by atoms with Crippen LogP contribution in [-0.4, -0.2) is 26.0 Å². The van der Waals surface area contributed by atoms with Crippen molar-refractivity contribution in [1.82, 2.24) is 20.2 Å². The Morgan fingerprint density at radius 3 is 2.87 bits per heavy atom. The zero-order chi connectivity index (χ0) is 21.1. The molecule has 1 aromatic heterocycles. The first-order chi connectivity index (χ1) is 14.5. The van der Waals surface area contributed by atoms with E-state index in [2.05, 4.69) is 27.6 Å². The van der Waals surface area contributed by atoms with Gasteiger partial charge < -0.3 is 11.2 Å². The second-order valence-electron chi connectivity index (χ2n) is 7.45. The number of carbonyl (C=O) groups is 1. The number of benzene rings is 2. The van der Waals surface area contributed by atoms with E-state index in [-0.39, 0.29) is 24.2 Å². The Morgan fingerprint density at radius 2 is 2.03 bits per heavy atom. The summed E-state index contributed by atoms with van der Waals surface area (Å²) in [6, 6.07) is 14.8. The fourth-order valence-electron chi connectivity index (χ4n) is 3.72. The molecule has 1 heterocycles. The number of carbonyl (C=O) groups excluding carboxylic acids is 1. The first-order valence-corrected chi connectivity index (χ1v) is 10.9. The molecule has 0 bridgehead atoms. The van der Waals surface area contributed by atoms with Crippen LogP contribution in [0.3, 0.4) is 0 Å². The molecule has 3 N–H and O–H groups in total. The summed E-state index contributed by atoms with van der Waals surface area (Å²) >= 11 is 1.24. The van der Waals surface area contributed by atoms with E-state index in [0.717, 1.165) is 19.3 Å². The highest BCUT2D eigenvalue weighted by Gasteiger charge is 2.25. The van der Waals surface area contributed by atoms with Crippen LogP contribution in [0.4, 0.5) is 4.39 Å². The Kier molecular flexibility index (Phi) is 6.03. The van der Waals surface area contributed by atoms with Gasteiger partial charge in [0.25, 0.3) is 0 Å². The van der Waals surface area contributed by atoms with E-state index < -0.39 is 5.25 Å². The zero-order valence-electron chi connectivity index (χ0n) is 16.7. The van der Waals surface area contributed by atoms with Crippen molar-refractivity contribution >= 4 is 17.7 Å². The predicted molar refractivity (Wildman–Crippen MR) is 115 cm³/mol. The standard InChI is InChI=1S/C22H24FN5OS/c1-14(21(29)25-19-12-6-9-15-7-2-4-10-17(15)19)30-22-27-26-20(28(22)24)13-16-8-3-5-11-18(16)23/h2-5,7-8,10-11,14,19H,6,9,12-13,24H2,1H3,(H,25,29)/t14-,19+/m1/s1. The summed E-state index contributed by atoms with van der Waals surface area (Å²) in [6.45, 7) is 1.82. The lowest BCUT2D eigenvalue weighted by Gasteiger charge is -2.27. The van der Waals surface area contributed by atoms with E-state index in [1.54, 1.807) is 18.2 Å². The number of nitrogen functional groups attached to an aromatic ring is 1. The quantitative estimate of drug-likeness (QED) is 0.467. The normalized spacial score (nSPS) is 16.7. The van der Waals surface area contributed by atoms with Crippen molar-refractivity contribution in [3.63, 3.8) is 0 Å². The SMILES string of the molecule is C[C@@H](Sc1nnc(Cc2ccccc2F)n1N)C(=O)N[C@H]1CCCc2ccccc21. The summed E-state index contributed by atoms with van der Waals surface area (Å²) in [5, 5.41) is 11.4. The minimum atomic E-state index is -0.396. The molecule has 8 heteroatoms. The summed E-state index contributed by atoms with van der Waals surface area (Å²) in [6.07, 6.45) is 3.27. The highest BCUT2D eigenvalue weighted by Crippen LogP contribution is 2.30. The fourth-order valence-corrected chi connectivity index (χ4v) is 4.52. The Balaban J connectivity index is 1.41. The molecule has 2 atom stereocenters. The molecular formula is C22H24FN5OS. The van der Waals surface area contributed by atoms with Crippen molar-refractivity contribution in [3.8, 4) is 0 Å². The van der Waals surface area contributed by atoms with Crippen LogP contribution in [0.5, 0.6) is 0 Å². The predicted octanol–water partition coefficient (Wildman–Crippen LogP) is 3.40. The molecule has 0 saturated carbocycles. The number of thioether (sulfide) groups is 1. The van der Waals surface area contributed by atoms with Crippen LogP contribution in [0.15, 0.2) is 53.7 Å². The van der Waals surface area contributed by atoms with Gasteiger partial charge in [-0.05, 0) is 48.9 Å². The summed E-state index contributed by atoms with van der Waals surface area (Å²) in [5.41, 5.74) is 2.99. The third-order valence-corrected chi connectivity index (χ3v) is 6.44. The van der Waals surface area contributed by atoms with Gasteiger partial charge in [-0.3, -0.25) is 4.79 Å². The molecule has 1 aliphatic rings. The van der Waals surface area contributed by atoms with Crippen LogP contribution in [-0.2, 0) is 17.6 Å². The summed E-state index contributed by atoms with van der Waals surface area (Å²) in [4.78, 5) is 12.8. The largest absolute Gasteiger partial charge is 0.348 e. The van der Waals surface area contributed by atoms with E-state index >= 15 is 0 Å². The van der Waals surface area contributed by atoms with Gasteiger partial charge in [0.05, 0.1) is 11.3 Å². The van der Waals surface area contributed by atoms with Crippen molar-refractivity contribution in [2.75, 3.05) is 5.84 Å². The lowest BCUT2D eigenvalue weighted by Crippen LogP contribution is -2.36. The molecule has 0 radical (unpaired) electrons. The van der Waals surface area contributed by atoms with Crippen molar-refractivity contribution in [2.45, 2.75) is 49.1 Å². The maximum absolute atomic E-state index is 13.9. The Morgan fingerprint density at radius 1 is 1.27 bits per heavy atom. The molecule has 4 rings (SSSR count). The molecule has 1 amide bonds. The summed E-state index contributed by atoms with van der Waals surface area (Å²) in [7, 11) is 0. The molecule has 6 nitrogen and oxygen atoms in total. The summed E-state index contributed by atoms with van der Waals surface area (Å²) in [5.74, 6) is 6.18. The van der Waals surface area contributed by atoms with E-state index in [4.69, 9.17) is 5.84 Å². The first kappa shape index (κ1) is 20.4. The number of halogens is 1. The van der Waals surface area contributed by atoms with Crippen LogP contribution in [0.2, 0.25) is 0 Å². The molecule has 156 valence electrons. The topological polar surface area (TPSA) is 85.8 Å². The van der Waals surface area contributed by atoms with Crippen molar-refractivity contribution in [2.24, 2.45) is 0 Å². The van der Waals surface area contributed by atoms with Crippen LogP contribution in [0.1, 0.15) is 48.3 Å². The number of nitrogens with two attached hydrogens (primary N) is 1. The molecule has 2 aromatic carbocycles. The Bertz CT molecular complexity index is 1050. The number of aromatic nitrogens is 3. The van der Waals surface area contributed by atoms with Gasteiger partial charge in [-0.1, -0.05) is 54.2 Å². The highest BCUT2D eigenvalue weighted by atomic mass is 32.2. The summed E-state index contributed by atoms with van der Waals surface area (Å²) < 4.78 is 15.2. The lowest BCUT2D eigenvalue weighted by molar-refractivity contribution is -0.121. The van der Waals surface area contributed by atoms with Gasteiger partial charge in [0, 0.05) is 6.42 Å². The second-order valence-corrected chi connectivity index (χ2v) is 8.76. The molecule has 0 unspecified atom stereocenters. The van der Waals surface area contributed by atoms with Crippen molar-refractivity contribution in [3.05, 3.63) is 76.9 Å². The minimum absolute atomic E-state index is 0.0258. The number of nitrogens with one attached hydrogen (secondary N) is 1. The van der Waals surface area contributed by atoms with Gasteiger partial charge in [0.1, 0.15) is 5.82 Å². The smallest absolute Gasteiger partial charge is 0.233 e. The van der Waals surface area contributed by atoms with Crippen molar-refractivity contribution < 1.29 is 9.18 Å². The zero-order valence-corrected chi connectivity index (χ0v) is 17.5.